The minimum absolute atomic E-state index is 0.179. The van der Waals surface area contributed by atoms with E-state index < -0.39 is 11.0 Å². The molecule has 0 radical (unpaired) electrons. The first-order chi connectivity index (χ1) is 10.4. The van der Waals surface area contributed by atoms with Crippen LogP contribution in [0, 0.1) is 22.6 Å². The van der Waals surface area contributed by atoms with Crippen molar-refractivity contribution in [3.05, 3.63) is 47.8 Å². The lowest BCUT2D eigenvalue weighted by Gasteiger charge is -2.37. The number of aromatic nitrogens is 3. The molecule has 0 fully saturated rings. The van der Waals surface area contributed by atoms with Gasteiger partial charge >= 0.3 is 0 Å². The van der Waals surface area contributed by atoms with Gasteiger partial charge in [-0.15, -0.1) is 0 Å². The van der Waals surface area contributed by atoms with Gasteiger partial charge in [0.05, 0.1) is 17.1 Å². The Balaban J connectivity index is 2.17. The molecule has 2 aromatic rings. The van der Waals surface area contributed by atoms with Crippen molar-refractivity contribution in [2.24, 2.45) is 5.41 Å². The average Bonchev–Trinajstić information content (AvgIpc) is 2.99. The van der Waals surface area contributed by atoms with E-state index in [1.54, 1.807) is 26.0 Å². The molecule has 1 aromatic heterocycles. The van der Waals surface area contributed by atoms with Gasteiger partial charge in [0.1, 0.15) is 12.1 Å². The van der Waals surface area contributed by atoms with Crippen molar-refractivity contribution in [2.45, 2.75) is 38.7 Å². The van der Waals surface area contributed by atoms with E-state index in [0.717, 1.165) is 5.56 Å². The van der Waals surface area contributed by atoms with Gasteiger partial charge < -0.3 is 5.11 Å². The van der Waals surface area contributed by atoms with E-state index in [-0.39, 0.29) is 12.2 Å². The van der Waals surface area contributed by atoms with E-state index in [2.05, 4.69) is 21.3 Å². The van der Waals surface area contributed by atoms with Crippen LogP contribution in [0.3, 0.4) is 0 Å². The summed E-state index contributed by atoms with van der Waals surface area (Å²) in [6.45, 7) is 3.40. The molecule has 0 saturated heterocycles. The fraction of sp³-hybridized carbons (Fsp3) is 0.438. The highest BCUT2D eigenvalue weighted by molar-refractivity contribution is 5.18. The van der Waals surface area contributed by atoms with Gasteiger partial charge in [-0.1, -0.05) is 12.1 Å². The monoisotopic (exact) mass is 302 g/mol. The highest BCUT2D eigenvalue weighted by Crippen LogP contribution is 2.36. The van der Waals surface area contributed by atoms with Gasteiger partial charge in [-0.2, -0.15) is 10.4 Å². The predicted octanol–water partition coefficient (Wildman–Crippen LogP) is 2.40. The minimum atomic E-state index is -1.28. The van der Waals surface area contributed by atoms with Crippen LogP contribution in [0.2, 0.25) is 0 Å². The van der Waals surface area contributed by atoms with Gasteiger partial charge in [-0.3, -0.25) is 5.10 Å². The number of nitriles is 1. The molecular formula is C16H19FN4O. The fourth-order valence-electron chi connectivity index (χ4n) is 2.31. The topological polar surface area (TPSA) is 85.6 Å². The maximum absolute atomic E-state index is 12.9. The summed E-state index contributed by atoms with van der Waals surface area (Å²) >= 11 is 0. The molecule has 1 unspecified atom stereocenters. The largest absolute Gasteiger partial charge is 0.388 e. The molecule has 5 nitrogen and oxygen atoms in total. The van der Waals surface area contributed by atoms with Gasteiger partial charge in [0, 0.05) is 6.42 Å². The van der Waals surface area contributed by atoms with Crippen molar-refractivity contribution >= 4 is 0 Å². The molecule has 116 valence electrons. The summed E-state index contributed by atoms with van der Waals surface area (Å²) in [7, 11) is 0. The van der Waals surface area contributed by atoms with Gasteiger partial charge in [0.2, 0.25) is 0 Å². The summed E-state index contributed by atoms with van der Waals surface area (Å²) in [4.78, 5) is 4.03. The quantitative estimate of drug-likeness (QED) is 0.858. The zero-order chi connectivity index (χ0) is 16.2. The molecule has 1 aromatic carbocycles. The van der Waals surface area contributed by atoms with Gasteiger partial charge in [-0.25, -0.2) is 9.37 Å². The lowest BCUT2D eigenvalue weighted by atomic mass is 9.71. The number of aryl methyl sites for hydroxylation is 1. The Morgan fingerprint density at radius 2 is 2.00 bits per heavy atom. The number of halogens is 1. The van der Waals surface area contributed by atoms with Crippen molar-refractivity contribution in [2.75, 3.05) is 0 Å². The Labute approximate surface area is 128 Å². The average molecular weight is 302 g/mol. The lowest BCUT2D eigenvalue weighted by Crippen LogP contribution is -2.46. The summed E-state index contributed by atoms with van der Waals surface area (Å²) in [6.07, 6.45) is 2.51. The van der Waals surface area contributed by atoms with Crippen LogP contribution in [0.1, 0.15) is 31.7 Å². The van der Waals surface area contributed by atoms with E-state index in [1.165, 1.54) is 18.5 Å². The molecular weight excluding hydrogens is 283 g/mol. The molecule has 0 saturated carbocycles. The summed E-state index contributed by atoms with van der Waals surface area (Å²) < 4.78 is 12.9. The van der Waals surface area contributed by atoms with E-state index in [4.69, 9.17) is 0 Å². The zero-order valence-electron chi connectivity index (χ0n) is 12.7. The standard InChI is InChI=1S/C16H19FN4O/c1-15(2,10-18)16(22,9-14-19-11-20-21-14)8-7-12-3-5-13(17)6-4-12/h3-6,11,22H,7-9H2,1-2H3,(H,19,20,21). The number of hydrogen-bond acceptors (Lipinski definition) is 4. The van der Waals surface area contributed by atoms with Crippen LogP contribution < -0.4 is 0 Å². The third-order valence-electron chi connectivity index (χ3n) is 4.10. The molecule has 2 rings (SSSR count). The van der Waals surface area contributed by atoms with Crippen molar-refractivity contribution < 1.29 is 9.50 Å². The maximum Gasteiger partial charge on any atom is 0.153 e. The second-order valence-electron chi connectivity index (χ2n) is 5.99. The molecule has 1 heterocycles. The molecule has 0 bridgehead atoms. The molecule has 0 aliphatic heterocycles. The second-order valence-corrected chi connectivity index (χ2v) is 5.99. The first-order valence-corrected chi connectivity index (χ1v) is 7.09. The summed E-state index contributed by atoms with van der Waals surface area (Å²) in [5, 5.41) is 27.0. The number of aromatic amines is 1. The van der Waals surface area contributed by atoms with Crippen molar-refractivity contribution in [3.63, 3.8) is 0 Å². The van der Waals surface area contributed by atoms with Crippen LogP contribution in [0.25, 0.3) is 0 Å². The number of nitrogens with zero attached hydrogens (tertiary/aromatic N) is 3. The highest BCUT2D eigenvalue weighted by Gasteiger charge is 2.44. The van der Waals surface area contributed by atoms with Crippen molar-refractivity contribution in [1.82, 2.24) is 15.2 Å². The van der Waals surface area contributed by atoms with E-state index >= 15 is 0 Å². The third-order valence-corrected chi connectivity index (χ3v) is 4.10. The molecule has 6 heteroatoms. The second kappa shape index (κ2) is 6.24. The molecule has 22 heavy (non-hydrogen) atoms. The Morgan fingerprint density at radius 3 is 2.55 bits per heavy atom. The Bertz CT molecular complexity index is 646. The summed E-state index contributed by atoms with van der Waals surface area (Å²) in [6, 6.07) is 8.30. The van der Waals surface area contributed by atoms with Crippen LogP contribution in [0.5, 0.6) is 0 Å². The number of aliphatic hydroxyl groups is 1. The van der Waals surface area contributed by atoms with Crippen LogP contribution in [-0.4, -0.2) is 25.9 Å². The normalized spacial score (nSPS) is 14.3. The number of rotatable bonds is 6. The lowest BCUT2D eigenvalue weighted by molar-refractivity contribution is -0.0467. The molecule has 0 aliphatic carbocycles. The highest BCUT2D eigenvalue weighted by atomic mass is 19.1. The van der Waals surface area contributed by atoms with Crippen LogP contribution in [-0.2, 0) is 12.8 Å². The predicted molar refractivity (Wildman–Crippen MR) is 79.2 cm³/mol. The van der Waals surface area contributed by atoms with Crippen LogP contribution in [0.4, 0.5) is 4.39 Å². The van der Waals surface area contributed by atoms with Crippen LogP contribution >= 0.6 is 0 Å². The SMILES string of the molecule is CC(C)(C#N)C(O)(CCc1ccc(F)cc1)Cc1nc[nH]n1. The number of nitrogens with one attached hydrogen (secondary N) is 1. The number of H-pyrrole nitrogens is 1. The number of benzene rings is 1. The number of hydrogen-bond donors (Lipinski definition) is 2. The first-order valence-electron chi connectivity index (χ1n) is 7.09. The van der Waals surface area contributed by atoms with Crippen molar-refractivity contribution in [3.8, 4) is 6.07 Å². The molecule has 0 aliphatic rings. The van der Waals surface area contributed by atoms with Crippen LogP contribution in [0.15, 0.2) is 30.6 Å². The van der Waals surface area contributed by atoms with Crippen molar-refractivity contribution in [1.29, 1.82) is 5.26 Å². The minimum Gasteiger partial charge on any atom is -0.388 e. The Morgan fingerprint density at radius 1 is 1.32 bits per heavy atom. The maximum atomic E-state index is 12.9. The first kappa shape index (κ1) is 16.1. The molecule has 2 N–H and O–H groups in total. The summed E-state index contributed by atoms with van der Waals surface area (Å²) in [5.74, 6) is 0.169. The zero-order valence-corrected chi connectivity index (χ0v) is 12.7. The third kappa shape index (κ3) is 3.49. The van der Waals surface area contributed by atoms with E-state index in [1.807, 2.05) is 0 Å². The summed E-state index contributed by atoms with van der Waals surface area (Å²) in [5.41, 5.74) is -1.34. The van der Waals surface area contributed by atoms with Gasteiger partial charge in [-0.05, 0) is 44.4 Å². The Hall–Kier alpha value is -2.26. The Kier molecular flexibility index (Phi) is 4.57. The molecule has 0 amide bonds. The smallest absolute Gasteiger partial charge is 0.153 e. The van der Waals surface area contributed by atoms with Gasteiger partial charge in [0.25, 0.3) is 0 Å². The fourth-order valence-corrected chi connectivity index (χ4v) is 2.31. The molecule has 1 atom stereocenters. The van der Waals surface area contributed by atoms with Gasteiger partial charge in [0.15, 0.2) is 5.82 Å². The van der Waals surface area contributed by atoms with E-state index in [0.29, 0.717) is 18.7 Å². The van der Waals surface area contributed by atoms with E-state index in [9.17, 15) is 14.8 Å². The molecule has 0 spiro atoms.